The number of nitrogens with one attached hydrogen (secondary N) is 2. The molecule has 0 aliphatic heterocycles. The van der Waals surface area contributed by atoms with E-state index in [1.54, 1.807) is 0 Å². The lowest BCUT2D eigenvalue weighted by molar-refractivity contribution is -0.146. The number of rotatable bonds is 5. The molecule has 9 heteroatoms. The Balaban J connectivity index is 3.64. The monoisotopic (exact) mass is 244 g/mol. The number of carbonyl (C=O) groups excluding carboxylic acids is 1. The molecule has 0 rings (SSSR count). The minimum absolute atomic E-state index is 0.576. The highest BCUT2D eigenvalue weighted by Gasteiger charge is 2.26. The van der Waals surface area contributed by atoms with Crippen LogP contribution in [-0.4, -0.2) is 47.6 Å². The third-order valence-corrected chi connectivity index (χ3v) is 1.44. The molecule has 0 aliphatic carbocycles. The van der Waals surface area contributed by atoms with Crippen molar-refractivity contribution in [1.82, 2.24) is 10.6 Å². The highest BCUT2D eigenvalue weighted by atomic mass is 19.4. The Labute approximate surface area is 88.4 Å². The second kappa shape index (κ2) is 6.16. The zero-order valence-electron chi connectivity index (χ0n) is 8.04. The van der Waals surface area contributed by atoms with E-state index in [2.05, 4.69) is 0 Å². The number of aliphatic carboxylic acids is 1. The van der Waals surface area contributed by atoms with Crippen LogP contribution >= 0.6 is 0 Å². The van der Waals surface area contributed by atoms with Gasteiger partial charge in [-0.15, -0.1) is 0 Å². The van der Waals surface area contributed by atoms with Crippen LogP contribution in [0.3, 0.4) is 0 Å². The lowest BCUT2D eigenvalue weighted by Crippen LogP contribution is -2.42. The lowest BCUT2D eigenvalue weighted by atomic mass is 10.3. The molecule has 0 aromatic heterocycles. The zero-order valence-corrected chi connectivity index (χ0v) is 8.04. The summed E-state index contributed by atoms with van der Waals surface area (Å²) in [5.74, 6) is -1.53. The Morgan fingerprint density at radius 1 is 1.25 bits per heavy atom. The molecule has 94 valence electrons. The van der Waals surface area contributed by atoms with E-state index in [1.165, 1.54) is 0 Å². The van der Waals surface area contributed by atoms with Crippen molar-refractivity contribution in [1.29, 1.82) is 0 Å². The Morgan fingerprint density at radius 2 is 1.81 bits per heavy atom. The number of carbonyl (C=O) groups is 2. The number of hydrogen-bond acceptors (Lipinski definition) is 3. The quantitative estimate of drug-likeness (QED) is 0.532. The van der Waals surface area contributed by atoms with Gasteiger partial charge in [-0.2, -0.15) is 13.2 Å². The van der Waals surface area contributed by atoms with Crippen LogP contribution in [0.25, 0.3) is 0 Å². The first-order valence-corrected chi connectivity index (χ1v) is 4.21. The summed E-state index contributed by atoms with van der Waals surface area (Å²) in [7, 11) is 0. The fraction of sp³-hybridized carbons (Fsp3) is 0.714. The molecule has 0 aliphatic rings. The number of carboxylic acid groups (broad SMARTS) is 1. The van der Waals surface area contributed by atoms with Crippen molar-refractivity contribution in [2.45, 2.75) is 18.7 Å². The molecule has 4 N–H and O–H groups in total. The van der Waals surface area contributed by atoms with Gasteiger partial charge in [0.25, 0.3) is 0 Å². The molecule has 0 saturated carbocycles. The molecular weight excluding hydrogens is 233 g/mol. The molecule has 0 radical (unpaired) electrons. The van der Waals surface area contributed by atoms with Crippen molar-refractivity contribution < 1.29 is 33.0 Å². The van der Waals surface area contributed by atoms with Gasteiger partial charge in [-0.25, -0.2) is 9.59 Å². The summed E-state index contributed by atoms with van der Waals surface area (Å²) in [6.07, 6.45) is -7.33. The van der Waals surface area contributed by atoms with Crippen LogP contribution in [0.15, 0.2) is 0 Å². The maximum Gasteiger partial charge on any atom is 0.390 e. The first-order valence-electron chi connectivity index (χ1n) is 4.21. The van der Waals surface area contributed by atoms with Gasteiger partial charge in [-0.1, -0.05) is 0 Å². The van der Waals surface area contributed by atoms with Crippen LogP contribution in [0.1, 0.15) is 6.42 Å². The van der Waals surface area contributed by atoms with Crippen LogP contribution in [0.2, 0.25) is 0 Å². The molecular formula is C7H11F3N2O4. The standard InChI is InChI=1S/C7H11F3N2O4/c8-7(9,10)1-2-11-6(16)12-3-4(13)5(14)15/h4,13H,1-3H2,(H,14,15)(H2,11,12,16). The molecule has 0 saturated heterocycles. The molecule has 1 unspecified atom stereocenters. The molecule has 0 heterocycles. The van der Waals surface area contributed by atoms with E-state index < -0.39 is 43.8 Å². The summed E-state index contributed by atoms with van der Waals surface area (Å²) in [5, 5.41) is 20.7. The van der Waals surface area contributed by atoms with E-state index >= 15 is 0 Å². The fourth-order valence-corrected chi connectivity index (χ4v) is 0.657. The van der Waals surface area contributed by atoms with Gasteiger partial charge in [-0.05, 0) is 0 Å². The van der Waals surface area contributed by atoms with Gasteiger partial charge in [0.2, 0.25) is 0 Å². The second-order valence-corrected chi connectivity index (χ2v) is 2.86. The Bertz CT molecular complexity index is 257. The summed E-state index contributed by atoms with van der Waals surface area (Å²) < 4.78 is 34.9. The SMILES string of the molecule is O=C(NCCC(F)(F)F)NCC(O)C(=O)O. The zero-order chi connectivity index (χ0) is 12.8. The summed E-state index contributed by atoms with van der Waals surface area (Å²) in [6.45, 7) is -1.19. The number of amides is 2. The fourth-order valence-electron chi connectivity index (χ4n) is 0.657. The van der Waals surface area contributed by atoms with Gasteiger partial charge >= 0.3 is 18.2 Å². The van der Waals surface area contributed by atoms with Crippen molar-refractivity contribution in [3.8, 4) is 0 Å². The van der Waals surface area contributed by atoms with Crippen molar-refractivity contribution in [3.63, 3.8) is 0 Å². The van der Waals surface area contributed by atoms with Gasteiger partial charge in [0.15, 0.2) is 6.10 Å². The predicted molar refractivity (Wildman–Crippen MR) is 45.7 cm³/mol. The summed E-state index contributed by atoms with van der Waals surface area (Å²) in [4.78, 5) is 20.8. The number of hydrogen-bond donors (Lipinski definition) is 4. The van der Waals surface area contributed by atoms with Crippen molar-refractivity contribution in [2.75, 3.05) is 13.1 Å². The van der Waals surface area contributed by atoms with Gasteiger partial charge in [-0.3, -0.25) is 0 Å². The Hall–Kier alpha value is -1.51. The van der Waals surface area contributed by atoms with Crippen LogP contribution in [-0.2, 0) is 4.79 Å². The maximum atomic E-state index is 11.6. The highest BCUT2D eigenvalue weighted by Crippen LogP contribution is 2.17. The lowest BCUT2D eigenvalue weighted by Gasteiger charge is -2.10. The Morgan fingerprint density at radius 3 is 2.25 bits per heavy atom. The first kappa shape index (κ1) is 14.5. The van der Waals surface area contributed by atoms with Crippen molar-refractivity contribution >= 4 is 12.0 Å². The average molecular weight is 244 g/mol. The van der Waals surface area contributed by atoms with Crippen LogP contribution in [0, 0.1) is 0 Å². The number of alkyl halides is 3. The van der Waals surface area contributed by atoms with E-state index in [9.17, 15) is 22.8 Å². The Kier molecular flexibility index (Phi) is 5.57. The van der Waals surface area contributed by atoms with Crippen LogP contribution in [0.4, 0.5) is 18.0 Å². The van der Waals surface area contributed by atoms with Gasteiger partial charge in [0.1, 0.15) is 0 Å². The average Bonchev–Trinajstić information content (AvgIpc) is 2.11. The third kappa shape index (κ3) is 7.85. The van der Waals surface area contributed by atoms with Gasteiger partial charge < -0.3 is 20.8 Å². The predicted octanol–water partition coefficient (Wildman–Crippen LogP) is -0.316. The van der Waals surface area contributed by atoms with E-state index in [0.29, 0.717) is 0 Å². The summed E-state index contributed by atoms with van der Waals surface area (Å²) >= 11 is 0. The first-order chi connectivity index (χ1) is 7.22. The minimum Gasteiger partial charge on any atom is -0.479 e. The van der Waals surface area contributed by atoms with Crippen molar-refractivity contribution in [3.05, 3.63) is 0 Å². The second-order valence-electron chi connectivity index (χ2n) is 2.86. The molecule has 0 fully saturated rings. The molecule has 0 bridgehead atoms. The third-order valence-electron chi connectivity index (χ3n) is 1.44. The molecule has 0 aromatic rings. The summed E-state index contributed by atoms with van der Waals surface area (Å²) in [6, 6.07) is -0.968. The highest BCUT2D eigenvalue weighted by molar-refractivity contribution is 5.76. The largest absolute Gasteiger partial charge is 0.479 e. The molecule has 0 aromatic carbocycles. The van der Waals surface area contributed by atoms with Gasteiger partial charge in [0, 0.05) is 6.54 Å². The van der Waals surface area contributed by atoms with Gasteiger partial charge in [0.05, 0.1) is 13.0 Å². The molecule has 0 spiro atoms. The number of aliphatic hydroxyl groups excluding tert-OH is 1. The van der Waals surface area contributed by atoms with E-state index in [-0.39, 0.29) is 0 Å². The molecule has 2 amide bonds. The molecule has 16 heavy (non-hydrogen) atoms. The molecule has 1 atom stereocenters. The number of halogens is 3. The molecule has 6 nitrogen and oxygen atoms in total. The van der Waals surface area contributed by atoms with E-state index in [1.807, 2.05) is 10.6 Å². The summed E-state index contributed by atoms with van der Waals surface area (Å²) in [5.41, 5.74) is 0. The van der Waals surface area contributed by atoms with E-state index in [4.69, 9.17) is 10.2 Å². The number of aliphatic hydroxyl groups is 1. The number of urea groups is 1. The number of carboxylic acids is 1. The van der Waals surface area contributed by atoms with Crippen LogP contribution in [0.5, 0.6) is 0 Å². The van der Waals surface area contributed by atoms with E-state index in [0.717, 1.165) is 0 Å². The smallest absolute Gasteiger partial charge is 0.390 e. The maximum absolute atomic E-state index is 11.6. The van der Waals surface area contributed by atoms with Crippen LogP contribution < -0.4 is 10.6 Å². The topological polar surface area (TPSA) is 98.7 Å². The normalized spacial score (nSPS) is 13.0. The minimum atomic E-state index is -4.37. The van der Waals surface area contributed by atoms with Crippen molar-refractivity contribution in [2.24, 2.45) is 0 Å².